The van der Waals surface area contributed by atoms with Gasteiger partial charge >= 0.3 is 0 Å². The lowest BCUT2D eigenvalue weighted by molar-refractivity contribution is 0.232. The van der Waals surface area contributed by atoms with E-state index in [2.05, 4.69) is 31.7 Å². The van der Waals surface area contributed by atoms with E-state index in [0.29, 0.717) is 5.92 Å². The Hall–Kier alpha value is -0.730. The van der Waals surface area contributed by atoms with Gasteiger partial charge in [0.05, 0.1) is 0 Å². The second kappa shape index (κ2) is 4.51. The molecule has 1 unspecified atom stereocenters. The Labute approximate surface area is 108 Å². The lowest BCUT2D eigenvalue weighted by atomic mass is 9.96. The standard InChI is InChI=1S/C14H20ClNO/c1-10-12(15)5-4-6-13(10)16-8-11(9-17)7-14(16,2)3/h4-6,11,17H,7-9H2,1-3H3. The summed E-state index contributed by atoms with van der Waals surface area (Å²) in [5.74, 6) is 0.364. The van der Waals surface area contributed by atoms with Crippen molar-refractivity contribution in [2.45, 2.75) is 32.7 Å². The van der Waals surface area contributed by atoms with Crippen LogP contribution >= 0.6 is 11.6 Å². The summed E-state index contributed by atoms with van der Waals surface area (Å²) in [4.78, 5) is 2.37. The predicted octanol–water partition coefficient (Wildman–Crippen LogP) is 3.25. The maximum Gasteiger partial charge on any atom is 0.0477 e. The molecule has 1 saturated heterocycles. The van der Waals surface area contributed by atoms with Crippen LogP contribution in [0, 0.1) is 12.8 Å². The number of halogens is 1. The molecule has 0 saturated carbocycles. The zero-order valence-corrected chi connectivity index (χ0v) is 11.5. The van der Waals surface area contributed by atoms with E-state index >= 15 is 0 Å². The highest BCUT2D eigenvalue weighted by Gasteiger charge is 2.38. The molecule has 0 aromatic heterocycles. The minimum atomic E-state index is 0.0861. The van der Waals surface area contributed by atoms with Crippen LogP contribution in [0.15, 0.2) is 18.2 Å². The van der Waals surface area contributed by atoms with Crippen LogP contribution in [-0.2, 0) is 0 Å². The van der Waals surface area contributed by atoms with Crippen LogP contribution in [-0.4, -0.2) is 23.8 Å². The van der Waals surface area contributed by atoms with Gasteiger partial charge in [0.25, 0.3) is 0 Å². The van der Waals surface area contributed by atoms with E-state index in [4.69, 9.17) is 11.6 Å². The maximum atomic E-state index is 9.33. The Morgan fingerprint density at radius 2 is 2.18 bits per heavy atom. The predicted molar refractivity (Wildman–Crippen MR) is 72.8 cm³/mol. The second-order valence-electron chi connectivity index (χ2n) is 5.56. The molecule has 1 aromatic rings. The average Bonchev–Trinajstić information content (AvgIpc) is 2.58. The first kappa shape index (κ1) is 12.7. The van der Waals surface area contributed by atoms with Crippen LogP contribution in [0.2, 0.25) is 5.02 Å². The van der Waals surface area contributed by atoms with Crippen molar-refractivity contribution in [2.75, 3.05) is 18.1 Å². The third-order valence-corrected chi connectivity index (χ3v) is 4.16. The number of hydrogen-bond donors (Lipinski definition) is 1. The quantitative estimate of drug-likeness (QED) is 0.875. The van der Waals surface area contributed by atoms with Gasteiger partial charge < -0.3 is 10.0 Å². The van der Waals surface area contributed by atoms with Gasteiger partial charge in [-0.25, -0.2) is 0 Å². The number of aliphatic hydroxyl groups is 1. The van der Waals surface area contributed by atoms with E-state index in [1.807, 2.05) is 12.1 Å². The molecule has 0 radical (unpaired) electrons. The van der Waals surface area contributed by atoms with Gasteiger partial charge in [0, 0.05) is 35.3 Å². The molecule has 1 atom stereocenters. The SMILES string of the molecule is Cc1c(Cl)cccc1N1CC(CO)CC1(C)C. The molecule has 2 rings (SSSR count). The number of hydrogen-bond acceptors (Lipinski definition) is 2. The highest BCUT2D eigenvalue weighted by Crippen LogP contribution is 2.39. The van der Waals surface area contributed by atoms with E-state index in [1.54, 1.807) is 0 Å². The summed E-state index contributed by atoms with van der Waals surface area (Å²) in [7, 11) is 0. The molecule has 2 nitrogen and oxygen atoms in total. The summed E-state index contributed by atoms with van der Waals surface area (Å²) in [6.45, 7) is 7.68. The number of rotatable bonds is 2. The molecule has 0 amide bonds. The first-order valence-electron chi connectivity index (χ1n) is 6.09. The smallest absolute Gasteiger partial charge is 0.0477 e. The first-order valence-corrected chi connectivity index (χ1v) is 6.47. The molecule has 94 valence electrons. The molecule has 0 aliphatic carbocycles. The van der Waals surface area contributed by atoms with Gasteiger partial charge in [-0.15, -0.1) is 0 Å². The monoisotopic (exact) mass is 253 g/mol. The molecule has 3 heteroatoms. The summed E-state index contributed by atoms with van der Waals surface area (Å²) in [5.41, 5.74) is 2.40. The molecule has 1 fully saturated rings. The number of anilines is 1. The molecule has 1 aliphatic heterocycles. The number of nitrogens with zero attached hydrogens (tertiary/aromatic N) is 1. The average molecular weight is 254 g/mol. The largest absolute Gasteiger partial charge is 0.396 e. The molecular weight excluding hydrogens is 234 g/mol. The first-order chi connectivity index (χ1) is 7.95. The lowest BCUT2D eigenvalue weighted by Crippen LogP contribution is -2.38. The third kappa shape index (κ3) is 2.29. The van der Waals surface area contributed by atoms with E-state index < -0.39 is 0 Å². The molecule has 1 aromatic carbocycles. The van der Waals surface area contributed by atoms with E-state index in [1.165, 1.54) is 5.69 Å². The fourth-order valence-corrected chi connectivity index (χ4v) is 2.99. The fourth-order valence-electron chi connectivity index (χ4n) is 2.82. The minimum absolute atomic E-state index is 0.0861. The molecule has 0 bridgehead atoms. The Morgan fingerprint density at radius 3 is 2.76 bits per heavy atom. The van der Waals surface area contributed by atoms with Crippen molar-refractivity contribution < 1.29 is 5.11 Å². The van der Waals surface area contributed by atoms with Gasteiger partial charge in [0.2, 0.25) is 0 Å². The van der Waals surface area contributed by atoms with Crippen molar-refractivity contribution in [3.8, 4) is 0 Å². The van der Waals surface area contributed by atoms with E-state index in [9.17, 15) is 5.11 Å². The number of aliphatic hydroxyl groups excluding tert-OH is 1. The maximum absolute atomic E-state index is 9.33. The molecule has 17 heavy (non-hydrogen) atoms. The van der Waals surface area contributed by atoms with Gasteiger partial charge in [-0.1, -0.05) is 17.7 Å². The van der Waals surface area contributed by atoms with Crippen LogP contribution in [0.4, 0.5) is 5.69 Å². The zero-order chi connectivity index (χ0) is 12.6. The molecular formula is C14H20ClNO. The zero-order valence-electron chi connectivity index (χ0n) is 10.7. The van der Waals surface area contributed by atoms with Crippen LogP contribution in [0.25, 0.3) is 0 Å². The Balaban J connectivity index is 2.37. The van der Waals surface area contributed by atoms with Crippen molar-refractivity contribution in [1.82, 2.24) is 0 Å². The fraction of sp³-hybridized carbons (Fsp3) is 0.571. The van der Waals surface area contributed by atoms with Crippen molar-refractivity contribution in [3.63, 3.8) is 0 Å². The van der Waals surface area contributed by atoms with Crippen LogP contribution in [0.3, 0.4) is 0 Å². The molecule has 1 aliphatic rings. The Morgan fingerprint density at radius 1 is 1.47 bits per heavy atom. The minimum Gasteiger partial charge on any atom is -0.396 e. The summed E-state index contributed by atoms with van der Waals surface area (Å²) >= 11 is 6.18. The Kier molecular flexibility index (Phi) is 3.37. The Bertz CT molecular complexity index is 417. The number of benzene rings is 1. The van der Waals surface area contributed by atoms with Crippen molar-refractivity contribution >= 4 is 17.3 Å². The van der Waals surface area contributed by atoms with Crippen molar-refractivity contribution in [1.29, 1.82) is 0 Å². The van der Waals surface area contributed by atoms with E-state index in [-0.39, 0.29) is 12.1 Å². The van der Waals surface area contributed by atoms with Gasteiger partial charge in [0.15, 0.2) is 0 Å². The van der Waals surface area contributed by atoms with Gasteiger partial charge in [-0.2, -0.15) is 0 Å². The van der Waals surface area contributed by atoms with Gasteiger partial charge in [-0.05, 0) is 44.9 Å². The van der Waals surface area contributed by atoms with E-state index in [0.717, 1.165) is 23.6 Å². The molecule has 1 heterocycles. The normalized spacial score (nSPS) is 23.1. The summed E-state index contributed by atoms with van der Waals surface area (Å²) in [6.07, 6.45) is 1.02. The van der Waals surface area contributed by atoms with Gasteiger partial charge in [-0.3, -0.25) is 0 Å². The van der Waals surface area contributed by atoms with Crippen molar-refractivity contribution in [3.05, 3.63) is 28.8 Å². The topological polar surface area (TPSA) is 23.5 Å². The van der Waals surface area contributed by atoms with Gasteiger partial charge in [0.1, 0.15) is 0 Å². The highest BCUT2D eigenvalue weighted by atomic mass is 35.5. The van der Waals surface area contributed by atoms with Crippen LogP contribution in [0.1, 0.15) is 25.8 Å². The summed E-state index contributed by atoms with van der Waals surface area (Å²) in [5, 5.41) is 10.1. The summed E-state index contributed by atoms with van der Waals surface area (Å²) in [6, 6.07) is 6.03. The van der Waals surface area contributed by atoms with Crippen LogP contribution in [0.5, 0.6) is 0 Å². The van der Waals surface area contributed by atoms with Crippen LogP contribution < -0.4 is 4.90 Å². The van der Waals surface area contributed by atoms with Crippen molar-refractivity contribution in [2.24, 2.45) is 5.92 Å². The molecule has 1 N–H and O–H groups in total. The molecule has 0 spiro atoms. The highest BCUT2D eigenvalue weighted by molar-refractivity contribution is 6.31. The third-order valence-electron chi connectivity index (χ3n) is 3.75. The lowest BCUT2D eigenvalue weighted by Gasteiger charge is -2.35. The second-order valence-corrected chi connectivity index (χ2v) is 5.97. The summed E-state index contributed by atoms with van der Waals surface area (Å²) < 4.78 is 0.